The summed E-state index contributed by atoms with van der Waals surface area (Å²) < 4.78 is 0.938. The van der Waals surface area contributed by atoms with Gasteiger partial charge in [0.25, 0.3) is 5.91 Å². The summed E-state index contributed by atoms with van der Waals surface area (Å²) in [5.74, 6) is 5.52. The molecule has 0 aliphatic heterocycles. The minimum Gasteiger partial charge on any atom is -0.384 e. The van der Waals surface area contributed by atoms with E-state index in [1.807, 2.05) is 35.7 Å². The van der Waals surface area contributed by atoms with Gasteiger partial charge in [-0.15, -0.1) is 11.3 Å². The van der Waals surface area contributed by atoms with Gasteiger partial charge in [-0.2, -0.15) is 0 Å². The Morgan fingerprint density at radius 3 is 2.86 bits per heavy atom. The van der Waals surface area contributed by atoms with Gasteiger partial charge < -0.3 is 10.0 Å². The lowest BCUT2D eigenvalue weighted by atomic mass is 10.1. The largest absolute Gasteiger partial charge is 0.384 e. The van der Waals surface area contributed by atoms with Crippen molar-refractivity contribution in [2.75, 3.05) is 13.7 Å². The molecule has 2 rings (SSSR count). The highest BCUT2D eigenvalue weighted by atomic mass is 79.9. The zero-order valence-electron chi connectivity index (χ0n) is 11.5. The molecule has 108 valence electrons. The van der Waals surface area contributed by atoms with Crippen LogP contribution in [-0.2, 0) is 6.54 Å². The van der Waals surface area contributed by atoms with Crippen molar-refractivity contribution >= 4 is 33.2 Å². The molecule has 0 bridgehead atoms. The van der Waals surface area contributed by atoms with Crippen molar-refractivity contribution in [3.63, 3.8) is 0 Å². The Morgan fingerprint density at radius 2 is 2.19 bits per heavy atom. The molecule has 0 fully saturated rings. The lowest BCUT2D eigenvalue weighted by Crippen LogP contribution is -2.26. The van der Waals surface area contributed by atoms with E-state index in [1.165, 1.54) is 11.3 Å². The molecule has 1 N–H and O–H groups in total. The molecular formula is C16H14BrNO2S. The number of aliphatic hydroxyl groups is 1. The van der Waals surface area contributed by atoms with E-state index in [0.717, 1.165) is 14.9 Å². The molecular weight excluding hydrogens is 350 g/mol. The second kappa shape index (κ2) is 7.41. The van der Waals surface area contributed by atoms with Crippen LogP contribution in [0.5, 0.6) is 0 Å². The highest BCUT2D eigenvalue weighted by Gasteiger charge is 2.14. The Morgan fingerprint density at radius 1 is 1.43 bits per heavy atom. The SMILES string of the molecule is CN(Cc1ccccc1C#CCO)C(=O)c1csc(Br)c1. The van der Waals surface area contributed by atoms with E-state index in [1.54, 1.807) is 11.9 Å². The van der Waals surface area contributed by atoms with Gasteiger partial charge in [0.05, 0.1) is 9.35 Å². The molecule has 1 heterocycles. The second-order valence-corrected chi connectivity index (χ2v) is 6.71. The summed E-state index contributed by atoms with van der Waals surface area (Å²) in [4.78, 5) is 14.0. The number of aliphatic hydroxyl groups excluding tert-OH is 1. The summed E-state index contributed by atoms with van der Waals surface area (Å²) in [6, 6.07) is 9.45. The van der Waals surface area contributed by atoms with Crippen LogP contribution < -0.4 is 0 Å². The number of hydrogen-bond donors (Lipinski definition) is 1. The van der Waals surface area contributed by atoms with Crippen LogP contribution in [0.4, 0.5) is 0 Å². The van der Waals surface area contributed by atoms with E-state index in [9.17, 15) is 4.79 Å². The molecule has 0 radical (unpaired) electrons. The lowest BCUT2D eigenvalue weighted by Gasteiger charge is -2.17. The molecule has 21 heavy (non-hydrogen) atoms. The Labute approximate surface area is 136 Å². The van der Waals surface area contributed by atoms with Crippen molar-refractivity contribution in [2.24, 2.45) is 0 Å². The monoisotopic (exact) mass is 363 g/mol. The van der Waals surface area contributed by atoms with Gasteiger partial charge in [0, 0.05) is 24.5 Å². The number of carbonyl (C=O) groups excluding carboxylic acids is 1. The first-order valence-corrected chi connectivity index (χ1v) is 7.96. The number of carbonyl (C=O) groups is 1. The molecule has 0 aliphatic rings. The van der Waals surface area contributed by atoms with E-state index in [0.29, 0.717) is 12.1 Å². The third-order valence-corrected chi connectivity index (χ3v) is 4.39. The van der Waals surface area contributed by atoms with Gasteiger partial charge in [-0.05, 0) is 33.6 Å². The molecule has 3 nitrogen and oxygen atoms in total. The third kappa shape index (κ3) is 4.18. The summed E-state index contributed by atoms with van der Waals surface area (Å²) in [6.45, 7) is 0.300. The number of thiophene rings is 1. The molecule has 0 saturated carbocycles. The molecule has 0 unspecified atom stereocenters. The van der Waals surface area contributed by atoms with Crippen molar-refractivity contribution in [3.05, 3.63) is 56.2 Å². The minimum atomic E-state index is -0.175. The number of hydrogen-bond acceptors (Lipinski definition) is 3. The fourth-order valence-electron chi connectivity index (χ4n) is 1.88. The van der Waals surface area contributed by atoms with Gasteiger partial charge in [-0.25, -0.2) is 0 Å². The summed E-state index contributed by atoms with van der Waals surface area (Å²) in [7, 11) is 1.77. The topological polar surface area (TPSA) is 40.5 Å². The molecule has 1 aromatic heterocycles. The number of benzene rings is 1. The number of nitrogens with zero attached hydrogens (tertiary/aromatic N) is 1. The highest BCUT2D eigenvalue weighted by Crippen LogP contribution is 2.22. The van der Waals surface area contributed by atoms with E-state index in [-0.39, 0.29) is 12.5 Å². The summed E-state index contributed by atoms with van der Waals surface area (Å²) >= 11 is 4.85. The highest BCUT2D eigenvalue weighted by molar-refractivity contribution is 9.11. The smallest absolute Gasteiger partial charge is 0.254 e. The van der Waals surface area contributed by atoms with Gasteiger partial charge >= 0.3 is 0 Å². The Kier molecular flexibility index (Phi) is 5.57. The van der Waals surface area contributed by atoms with Crippen LogP contribution in [0.15, 0.2) is 39.5 Å². The summed E-state index contributed by atoms with van der Waals surface area (Å²) in [5, 5.41) is 10.6. The molecule has 1 amide bonds. The minimum absolute atomic E-state index is 0.0260. The maximum Gasteiger partial charge on any atom is 0.254 e. The van der Waals surface area contributed by atoms with Crippen molar-refractivity contribution in [2.45, 2.75) is 6.54 Å². The molecule has 0 spiro atoms. The first kappa shape index (κ1) is 15.8. The van der Waals surface area contributed by atoms with Crippen LogP contribution in [0.25, 0.3) is 0 Å². The Bertz CT molecular complexity index is 700. The van der Waals surface area contributed by atoms with E-state index in [2.05, 4.69) is 27.8 Å². The summed E-state index contributed by atoms with van der Waals surface area (Å²) in [6.07, 6.45) is 0. The van der Waals surface area contributed by atoms with Crippen molar-refractivity contribution < 1.29 is 9.90 Å². The second-order valence-electron chi connectivity index (χ2n) is 4.42. The van der Waals surface area contributed by atoms with Crippen LogP contribution in [0.2, 0.25) is 0 Å². The average Bonchev–Trinajstić information content (AvgIpc) is 2.92. The van der Waals surface area contributed by atoms with Crippen molar-refractivity contribution in [1.82, 2.24) is 4.90 Å². The van der Waals surface area contributed by atoms with Crippen LogP contribution in [-0.4, -0.2) is 29.6 Å². The number of rotatable bonds is 3. The summed E-state index contributed by atoms with van der Waals surface area (Å²) in [5.41, 5.74) is 2.47. The fourth-order valence-corrected chi connectivity index (χ4v) is 3.02. The van der Waals surface area contributed by atoms with Crippen LogP contribution >= 0.6 is 27.3 Å². The maximum atomic E-state index is 12.3. The Hall–Kier alpha value is -1.61. The zero-order valence-corrected chi connectivity index (χ0v) is 13.9. The predicted molar refractivity (Wildman–Crippen MR) is 88.2 cm³/mol. The quantitative estimate of drug-likeness (QED) is 0.851. The number of amides is 1. The molecule has 0 atom stereocenters. The predicted octanol–water partition coefficient (Wildman–Crippen LogP) is 3.13. The van der Waals surface area contributed by atoms with E-state index < -0.39 is 0 Å². The standard InChI is InChI=1S/C16H14BrNO2S/c1-18(16(20)14-9-15(17)21-11-14)10-13-6-3-2-5-12(13)7-4-8-19/h2-3,5-6,9,11,19H,8,10H2,1H3. The van der Waals surface area contributed by atoms with Gasteiger partial charge in [0.15, 0.2) is 0 Å². The molecule has 1 aromatic carbocycles. The molecule has 5 heteroatoms. The van der Waals surface area contributed by atoms with Crippen molar-refractivity contribution in [1.29, 1.82) is 0 Å². The molecule has 2 aromatic rings. The average molecular weight is 364 g/mol. The van der Waals surface area contributed by atoms with Crippen LogP contribution in [0.1, 0.15) is 21.5 Å². The Balaban J connectivity index is 2.16. The van der Waals surface area contributed by atoms with Crippen molar-refractivity contribution in [3.8, 4) is 11.8 Å². The van der Waals surface area contributed by atoms with Gasteiger partial charge in [-0.3, -0.25) is 4.79 Å². The normalized spacial score (nSPS) is 9.86. The number of halogens is 1. The molecule has 0 saturated heterocycles. The van der Waals surface area contributed by atoms with Gasteiger partial charge in [0.2, 0.25) is 0 Å². The third-order valence-electron chi connectivity index (χ3n) is 2.89. The molecule has 0 aliphatic carbocycles. The first-order chi connectivity index (χ1) is 10.1. The first-order valence-electron chi connectivity index (χ1n) is 6.29. The lowest BCUT2D eigenvalue weighted by molar-refractivity contribution is 0.0785. The van der Waals surface area contributed by atoms with Gasteiger partial charge in [-0.1, -0.05) is 30.0 Å². The van der Waals surface area contributed by atoms with Crippen LogP contribution in [0.3, 0.4) is 0 Å². The zero-order chi connectivity index (χ0) is 15.2. The fraction of sp³-hybridized carbons (Fsp3) is 0.188. The van der Waals surface area contributed by atoms with E-state index in [4.69, 9.17) is 5.11 Å². The maximum absolute atomic E-state index is 12.3. The van der Waals surface area contributed by atoms with Gasteiger partial charge in [0.1, 0.15) is 6.61 Å². The van der Waals surface area contributed by atoms with Crippen LogP contribution in [0, 0.1) is 11.8 Å². The van der Waals surface area contributed by atoms with E-state index >= 15 is 0 Å².